The smallest absolute Gasteiger partial charge is 0.341 e. The Morgan fingerprint density at radius 1 is 1.40 bits per heavy atom. The first-order valence-corrected chi connectivity index (χ1v) is 6.50. The molecule has 0 saturated heterocycles. The lowest BCUT2D eigenvalue weighted by Gasteiger charge is -2.14. The Hall–Kier alpha value is -2.08. The van der Waals surface area contributed by atoms with Crippen LogP contribution in [0.2, 0.25) is 0 Å². The Labute approximate surface area is 117 Å². The highest BCUT2D eigenvalue weighted by molar-refractivity contribution is 5.92. The second-order valence-electron chi connectivity index (χ2n) is 4.44. The Kier molecular flexibility index (Phi) is 6.52. The molecule has 1 aromatic carbocycles. The van der Waals surface area contributed by atoms with Crippen LogP contribution in [0.4, 0.5) is 5.69 Å². The van der Waals surface area contributed by atoms with Crippen LogP contribution in [0.3, 0.4) is 0 Å². The van der Waals surface area contributed by atoms with Gasteiger partial charge in [-0.1, -0.05) is 25.5 Å². The number of anilines is 1. The number of benzene rings is 1. The lowest BCUT2D eigenvalue weighted by molar-refractivity contribution is -0.139. The normalized spacial score (nSPS) is 11.7. The second kappa shape index (κ2) is 8.16. The van der Waals surface area contributed by atoms with Crippen molar-refractivity contribution < 1.29 is 19.4 Å². The minimum atomic E-state index is -1.07. The van der Waals surface area contributed by atoms with Gasteiger partial charge in [0.05, 0.1) is 5.69 Å². The zero-order valence-corrected chi connectivity index (χ0v) is 11.5. The van der Waals surface area contributed by atoms with Crippen molar-refractivity contribution in [3.05, 3.63) is 24.3 Å². The first-order chi connectivity index (χ1) is 9.56. The molecule has 0 saturated carbocycles. The van der Waals surface area contributed by atoms with Gasteiger partial charge in [0.15, 0.2) is 6.61 Å². The Balaban J connectivity index is 2.66. The van der Waals surface area contributed by atoms with Gasteiger partial charge in [-0.05, 0) is 24.6 Å². The van der Waals surface area contributed by atoms with Gasteiger partial charge in [-0.3, -0.25) is 4.79 Å². The van der Waals surface area contributed by atoms with Gasteiger partial charge < -0.3 is 20.9 Å². The molecule has 0 heterocycles. The van der Waals surface area contributed by atoms with E-state index in [0.29, 0.717) is 24.4 Å². The summed E-state index contributed by atoms with van der Waals surface area (Å²) in [6.07, 6.45) is 1.17. The number of nitrogens with one attached hydrogen (secondary N) is 1. The quantitative estimate of drug-likeness (QED) is 0.669. The van der Waals surface area contributed by atoms with E-state index in [2.05, 4.69) is 5.32 Å². The number of para-hydroxylation sites is 2. The van der Waals surface area contributed by atoms with Crippen molar-refractivity contribution in [3.8, 4) is 5.75 Å². The van der Waals surface area contributed by atoms with Crippen LogP contribution in [0.25, 0.3) is 0 Å². The zero-order valence-electron chi connectivity index (χ0n) is 11.5. The summed E-state index contributed by atoms with van der Waals surface area (Å²) in [6.45, 7) is 1.99. The van der Waals surface area contributed by atoms with Crippen molar-refractivity contribution in [1.82, 2.24) is 0 Å². The van der Waals surface area contributed by atoms with E-state index in [0.717, 1.165) is 6.42 Å². The molecule has 1 atom stereocenters. The largest absolute Gasteiger partial charge is 0.480 e. The van der Waals surface area contributed by atoms with Gasteiger partial charge >= 0.3 is 5.97 Å². The fraction of sp³-hybridized carbons (Fsp3) is 0.429. The van der Waals surface area contributed by atoms with Gasteiger partial charge in [0.25, 0.3) is 0 Å². The number of carbonyl (C=O) groups is 2. The number of rotatable bonds is 8. The van der Waals surface area contributed by atoms with E-state index in [1.54, 1.807) is 24.3 Å². The van der Waals surface area contributed by atoms with Crippen LogP contribution in [0, 0.1) is 5.92 Å². The van der Waals surface area contributed by atoms with Gasteiger partial charge in [-0.15, -0.1) is 0 Å². The van der Waals surface area contributed by atoms with E-state index in [1.807, 2.05) is 6.92 Å². The minimum absolute atomic E-state index is 0.141. The van der Waals surface area contributed by atoms with Crippen LogP contribution in [0.1, 0.15) is 19.8 Å². The summed E-state index contributed by atoms with van der Waals surface area (Å²) in [5, 5.41) is 11.3. The number of carboxylic acid groups (broad SMARTS) is 1. The molecule has 0 radical (unpaired) electrons. The molecule has 110 valence electrons. The van der Waals surface area contributed by atoms with E-state index in [9.17, 15) is 9.59 Å². The van der Waals surface area contributed by atoms with Gasteiger partial charge in [0, 0.05) is 6.42 Å². The highest BCUT2D eigenvalue weighted by Crippen LogP contribution is 2.24. The van der Waals surface area contributed by atoms with Crippen molar-refractivity contribution in [2.24, 2.45) is 11.7 Å². The molecule has 0 spiro atoms. The van der Waals surface area contributed by atoms with E-state index in [-0.39, 0.29) is 11.8 Å². The van der Waals surface area contributed by atoms with Gasteiger partial charge in [-0.25, -0.2) is 4.79 Å². The predicted molar refractivity (Wildman–Crippen MR) is 75.7 cm³/mol. The van der Waals surface area contributed by atoms with Gasteiger partial charge in [-0.2, -0.15) is 0 Å². The maximum absolute atomic E-state index is 11.9. The lowest BCUT2D eigenvalue weighted by Crippen LogP contribution is -2.22. The lowest BCUT2D eigenvalue weighted by atomic mass is 10.0. The third kappa shape index (κ3) is 5.27. The first kappa shape index (κ1) is 16.0. The molecular formula is C14H20N2O4. The van der Waals surface area contributed by atoms with Crippen LogP contribution >= 0.6 is 0 Å². The average molecular weight is 280 g/mol. The maximum atomic E-state index is 11.9. The molecule has 1 rings (SSSR count). The van der Waals surface area contributed by atoms with Crippen LogP contribution < -0.4 is 15.8 Å². The van der Waals surface area contributed by atoms with Gasteiger partial charge in [0.1, 0.15) is 5.75 Å². The van der Waals surface area contributed by atoms with Crippen LogP contribution in [0.15, 0.2) is 24.3 Å². The highest BCUT2D eigenvalue weighted by atomic mass is 16.5. The molecule has 0 aromatic heterocycles. The summed E-state index contributed by atoms with van der Waals surface area (Å²) in [5.41, 5.74) is 6.03. The molecule has 1 aromatic rings. The SMILES string of the molecule is CCC(CN)CC(=O)Nc1ccccc1OCC(=O)O. The fourth-order valence-corrected chi connectivity index (χ4v) is 1.69. The summed E-state index contributed by atoms with van der Waals surface area (Å²) in [4.78, 5) is 22.4. The van der Waals surface area contributed by atoms with Crippen LogP contribution in [0.5, 0.6) is 5.75 Å². The monoisotopic (exact) mass is 280 g/mol. The van der Waals surface area contributed by atoms with Crippen LogP contribution in [-0.4, -0.2) is 30.1 Å². The molecule has 0 aliphatic carbocycles. The molecule has 0 aliphatic rings. The van der Waals surface area contributed by atoms with Crippen LogP contribution in [-0.2, 0) is 9.59 Å². The summed E-state index contributed by atoms with van der Waals surface area (Å²) < 4.78 is 5.12. The fourth-order valence-electron chi connectivity index (χ4n) is 1.69. The Bertz CT molecular complexity index is 458. The third-order valence-corrected chi connectivity index (χ3v) is 2.90. The predicted octanol–water partition coefficient (Wildman–Crippen LogP) is 1.46. The minimum Gasteiger partial charge on any atom is -0.480 e. The average Bonchev–Trinajstić information content (AvgIpc) is 2.43. The number of aliphatic carboxylic acids is 1. The number of hydrogen-bond acceptors (Lipinski definition) is 4. The highest BCUT2D eigenvalue weighted by Gasteiger charge is 2.13. The first-order valence-electron chi connectivity index (χ1n) is 6.50. The number of amides is 1. The number of ether oxygens (including phenoxy) is 1. The van der Waals surface area contributed by atoms with Crippen molar-refractivity contribution in [3.63, 3.8) is 0 Å². The van der Waals surface area contributed by atoms with E-state index in [4.69, 9.17) is 15.6 Å². The molecular weight excluding hydrogens is 260 g/mol. The summed E-state index contributed by atoms with van der Waals surface area (Å²) in [5.74, 6) is -0.750. The Morgan fingerprint density at radius 2 is 2.10 bits per heavy atom. The molecule has 0 fully saturated rings. The second-order valence-corrected chi connectivity index (χ2v) is 4.44. The summed E-state index contributed by atoms with van der Waals surface area (Å²) in [6, 6.07) is 6.72. The molecule has 6 heteroatoms. The zero-order chi connectivity index (χ0) is 15.0. The molecule has 0 aliphatic heterocycles. The van der Waals surface area contributed by atoms with Crippen molar-refractivity contribution in [2.45, 2.75) is 19.8 Å². The molecule has 20 heavy (non-hydrogen) atoms. The molecule has 4 N–H and O–H groups in total. The standard InChI is InChI=1S/C14H20N2O4/c1-2-10(8-15)7-13(17)16-11-5-3-4-6-12(11)20-9-14(18)19/h3-6,10H,2,7-9,15H2,1H3,(H,16,17)(H,18,19). The molecule has 6 nitrogen and oxygen atoms in total. The van der Waals surface area contributed by atoms with E-state index >= 15 is 0 Å². The van der Waals surface area contributed by atoms with Crippen molar-refractivity contribution >= 4 is 17.6 Å². The topological polar surface area (TPSA) is 102 Å². The number of nitrogens with two attached hydrogens (primary N) is 1. The number of carbonyl (C=O) groups excluding carboxylic acids is 1. The van der Waals surface area contributed by atoms with Crippen molar-refractivity contribution in [1.29, 1.82) is 0 Å². The molecule has 1 unspecified atom stereocenters. The molecule has 1 amide bonds. The van der Waals surface area contributed by atoms with E-state index in [1.165, 1.54) is 0 Å². The summed E-state index contributed by atoms with van der Waals surface area (Å²) in [7, 11) is 0. The van der Waals surface area contributed by atoms with E-state index < -0.39 is 12.6 Å². The summed E-state index contributed by atoms with van der Waals surface area (Å²) >= 11 is 0. The third-order valence-electron chi connectivity index (χ3n) is 2.90. The Morgan fingerprint density at radius 3 is 2.70 bits per heavy atom. The number of hydrogen-bond donors (Lipinski definition) is 3. The maximum Gasteiger partial charge on any atom is 0.341 e. The number of carboxylic acids is 1. The van der Waals surface area contributed by atoms with Crippen molar-refractivity contribution in [2.75, 3.05) is 18.5 Å². The molecule has 0 bridgehead atoms. The van der Waals surface area contributed by atoms with Gasteiger partial charge in [0.2, 0.25) is 5.91 Å².